The second-order valence-corrected chi connectivity index (χ2v) is 7.83. The summed E-state index contributed by atoms with van der Waals surface area (Å²) in [5.74, 6) is -0.471. The van der Waals surface area contributed by atoms with Crippen molar-refractivity contribution in [2.75, 3.05) is 13.1 Å². The van der Waals surface area contributed by atoms with Gasteiger partial charge >= 0.3 is 0 Å². The maximum absolute atomic E-state index is 14.0. The van der Waals surface area contributed by atoms with E-state index in [1.54, 1.807) is 23.1 Å². The minimum atomic E-state index is -0.492. The van der Waals surface area contributed by atoms with Gasteiger partial charge in [-0.2, -0.15) is 0 Å². The number of nitro benzene ring substituents is 1. The lowest BCUT2D eigenvalue weighted by Gasteiger charge is -2.31. The zero-order chi connectivity index (χ0) is 20.4. The summed E-state index contributed by atoms with van der Waals surface area (Å²) >= 11 is 1.35. The number of benzene rings is 2. The number of nitrogens with zero attached hydrogens (tertiary/aromatic N) is 4. The topological polar surface area (TPSA) is 89.2 Å². The normalized spacial score (nSPS) is 16.6. The molecule has 1 fully saturated rings. The molecule has 29 heavy (non-hydrogen) atoms. The van der Waals surface area contributed by atoms with Gasteiger partial charge in [-0.1, -0.05) is 23.5 Å². The fourth-order valence-corrected chi connectivity index (χ4v) is 4.41. The van der Waals surface area contributed by atoms with Gasteiger partial charge in [0.1, 0.15) is 10.8 Å². The fraction of sp³-hybridized carbons (Fsp3) is 0.250. The Morgan fingerprint density at radius 1 is 1.17 bits per heavy atom. The number of aromatic nitrogens is 2. The molecule has 3 aromatic rings. The van der Waals surface area contributed by atoms with Crippen molar-refractivity contribution in [1.82, 2.24) is 15.1 Å². The number of carbonyl (C=O) groups is 1. The summed E-state index contributed by atoms with van der Waals surface area (Å²) in [4.78, 5) is 24.8. The minimum Gasteiger partial charge on any atom is -0.338 e. The highest BCUT2D eigenvalue weighted by Crippen LogP contribution is 2.34. The number of hydrogen-bond acceptors (Lipinski definition) is 6. The fourth-order valence-electron chi connectivity index (χ4n) is 3.41. The third kappa shape index (κ3) is 4.00. The molecule has 0 bridgehead atoms. The molecule has 0 saturated carbocycles. The second kappa shape index (κ2) is 8.04. The first kappa shape index (κ1) is 19.1. The zero-order valence-electron chi connectivity index (χ0n) is 15.3. The van der Waals surface area contributed by atoms with Crippen LogP contribution < -0.4 is 0 Å². The summed E-state index contributed by atoms with van der Waals surface area (Å²) in [6.45, 7) is 1.10. The molecule has 7 nitrogen and oxygen atoms in total. The molecule has 1 aliphatic rings. The third-order valence-electron chi connectivity index (χ3n) is 4.93. The van der Waals surface area contributed by atoms with Gasteiger partial charge in [0.2, 0.25) is 0 Å². The van der Waals surface area contributed by atoms with Gasteiger partial charge in [-0.15, -0.1) is 10.2 Å². The Balaban J connectivity index is 1.49. The molecular weight excluding hydrogens is 395 g/mol. The number of amides is 1. The minimum absolute atomic E-state index is 0.0313. The van der Waals surface area contributed by atoms with Crippen molar-refractivity contribution in [3.8, 4) is 10.6 Å². The molecule has 1 aromatic heterocycles. The van der Waals surface area contributed by atoms with Crippen molar-refractivity contribution in [3.63, 3.8) is 0 Å². The number of carbonyl (C=O) groups excluding carboxylic acids is 1. The summed E-state index contributed by atoms with van der Waals surface area (Å²) in [5.41, 5.74) is 0.791. The van der Waals surface area contributed by atoms with Crippen LogP contribution in [-0.4, -0.2) is 39.0 Å². The third-order valence-corrected chi connectivity index (χ3v) is 6.05. The van der Waals surface area contributed by atoms with Crippen molar-refractivity contribution in [3.05, 3.63) is 75.0 Å². The first-order valence-corrected chi connectivity index (χ1v) is 9.96. The number of rotatable bonds is 4. The average molecular weight is 412 g/mol. The lowest BCUT2D eigenvalue weighted by molar-refractivity contribution is -0.384. The summed E-state index contributed by atoms with van der Waals surface area (Å²) in [5, 5.41) is 20.5. The molecule has 1 unspecified atom stereocenters. The molecule has 0 spiro atoms. The number of piperidine rings is 1. The van der Waals surface area contributed by atoms with Crippen LogP contribution in [0.4, 0.5) is 10.1 Å². The maximum atomic E-state index is 14.0. The van der Waals surface area contributed by atoms with Crippen LogP contribution in [0.15, 0.2) is 48.5 Å². The van der Waals surface area contributed by atoms with Gasteiger partial charge in [0, 0.05) is 42.3 Å². The van der Waals surface area contributed by atoms with Crippen LogP contribution >= 0.6 is 11.3 Å². The van der Waals surface area contributed by atoms with Crippen LogP contribution in [0.25, 0.3) is 10.6 Å². The van der Waals surface area contributed by atoms with Crippen molar-refractivity contribution in [2.45, 2.75) is 18.8 Å². The maximum Gasteiger partial charge on any atom is 0.269 e. The van der Waals surface area contributed by atoms with Crippen LogP contribution in [0, 0.1) is 15.9 Å². The number of halogens is 1. The van der Waals surface area contributed by atoms with Gasteiger partial charge in [-0.25, -0.2) is 4.39 Å². The van der Waals surface area contributed by atoms with E-state index in [1.807, 2.05) is 0 Å². The van der Waals surface area contributed by atoms with E-state index in [9.17, 15) is 19.3 Å². The largest absolute Gasteiger partial charge is 0.338 e. The molecular formula is C20H17FN4O3S. The van der Waals surface area contributed by atoms with E-state index >= 15 is 0 Å². The van der Waals surface area contributed by atoms with Crippen molar-refractivity contribution in [2.24, 2.45) is 0 Å². The standard InChI is InChI=1S/C20H17FN4O3S/c21-17-6-2-1-5-16(17)19-23-22-18(29-19)14-4-3-11-24(12-14)20(26)13-7-9-15(10-8-13)25(27)28/h1-2,5-10,14H,3-4,11-12H2. The molecule has 0 radical (unpaired) electrons. The summed E-state index contributed by atoms with van der Waals surface area (Å²) in [6.07, 6.45) is 1.69. The first-order valence-electron chi connectivity index (χ1n) is 9.15. The Hall–Kier alpha value is -3.20. The van der Waals surface area contributed by atoms with Crippen molar-refractivity contribution < 1.29 is 14.1 Å². The summed E-state index contributed by atoms with van der Waals surface area (Å²) < 4.78 is 14.0. The van der Waals surface area contributed by atoms with Gasteiger partial charge in [-0.05, 0) is 37.1 Å². The lowest BCUT2D eigenvalue weighted by atomic mass is 9.98. The number of hydrogen-bond donors (Lipinski definition) is 0. The highest BCUT2D eigenvalue weighted by molar-refractivity contribution is 7.14. The Labute approximate surface area is 170 Å². The van der Waals surface area contributed by atoms with E-state index in [1.165, 1.54) is 41.7 Å². The molecule has 0 N–H and O–H groups in total. The zero-order valence-corrected chi connectivity index (χ0v) is 16.1. The van der Waals surface area contributed by atoms with Gasteiger partial charge in [0.25, 0.3) is 11.6 Å². The van der Waals surface area contributed by atoms with Crippen LogP contribution in [0.2, 0.25) is 0 Å². The Bertz CT molecular complexity index is 1050. The van der Waals surface area contributed by atoms with Crippen LogP contribution in [0.3, 0.4) is 0 Å². The molecule has 1 atom stereocenters. The molecule has 148 valence electrons. The van der Waals surface area contributed by atoms with Crippen LogP contribution in [-0.2, 0) is 0 Å². The Morgan fingerprint density at radius 3 is 2.66 bits per heavy atom. The van der Waals surface area contributed by atoms with Crippen molar-refractivity contribution >= 4 is 22.9 Å². The van der Waals surface area contributed by atoms with E-state index in [2.05, 4.69) is 10.2 Å². The average Bonchev–Trinajstić information content (AvgIpc) is 3.24. The number of nitro groups is 1. The molecule has 1 saturated heterocycles. The van der Waals surface area contributed by atoms with Gasteiger partial charge in [-0.3, -0.25) is 14.9 Å². The quantitative estimate of drug-likeness (QED) is 0.472. The molecule has 2 aromatic carbocycles. The van der Waals surface area contributed by atoms with E-state index in [0.717, 1.165) is 17.8 Å². The van der Waals surface area contributed by atoms with E-state index < -0.39 is 4.92 Å². The van der Waals surface area contributed by atoms with Crippen LogP contribution in [0.5, 0.6) is 0 Å². The van der Waals surface area contributed by atoms with Gasteiger partial charge in [0.15, 0.2) is 5.01 Å². The predicted molar refractivity (Wildman–Crippen MR) is 106 cm³/mol. The van der Waals surface area contributed by atoms with Crippen LogP contribution in [0.1, 0.15) is 34.1 Å². The molecule has 1 aliphatic heterocycles. The highest BCUT2D eigenvalue weighted by Gasteiger charge is 2.28. The molecule has 0 aliphatic carbocycles. The number of likely N-dealkylation sites (tertiary alicyclic amines) is 1. The van der Waals surface area contributed by atoms with Gasteiger partial charge in [0.05, 0.1) is 4.92 Å². The summed E-state index contributed by atoms with van der Waals surface area (Å²) in [6, 6.07) is 12.1. The second-order valence-electron chi connectivity index (χ2n) is 6.82. The highest BCUT2D eigenvalue weighted by atomic mass is 32.1. The van der Waals surface area contributed by atoms with E-state index in [-0.39, 0.29) is 23.3 Å². The monoisotopic (exact) mass is 412 g/mol. The molecule has 2 heterocycles. The lowest BCUT2D eigenvalue weighted by Crippen LogP contribution is -2.39. The Kier molecular flexibility index (Phi) is 5.30. The summed E-state index contributed by atoms with van der Waals surface area (Å²) in [7, 11) is 0. The molecule has 9 heteroatoms. The Morgan fingerprint density at radius 2 is 1.93 bits per heavy atom. The first-order chi connectivity index (χ1) is 14.0. The molecule has 1 amide bonds. The SMILES string of the molecule is O=C(c1ccc([N+](=O)[O-])cc1)N1CCCC(c2nnc(-c3ccccc3F)s2)C1. The van der Waals surface area contributed by atoms with E-state index in [4.69, 9.17) is 0 Å². The predicted octanol–water partition coefficient (Wildman–Crippen LogP) is 4.27. The molecule has 4 rings (SSSR count). The smallest absolute Gasteiger partial charge is 0.269 e. The van der Waals surface area contributed by atoms with E-state index in [0.29, 0.717) is 29.2 Å². The van der Waals surface area contributed by atoms with Gasteiger partial charge < -0.3 is 4.90 Å². The number of non-ortho nitro benzene ring substituents is 1. The van der Waals surface area contributed by atoms with Crippen molar-refractivity contribution in [1.29, 1.82) is 0 Å².